The molecule has 0 saturated carbocycles. The predicted molar refractivity (Wildman–Crippen MR) is 188 cm³/mol. The van der Waals surface area contributed by atoms with Crippen LogP contribution in [0.3, 0.4) is 0 Å². The van der Waals surface area contributed by atoms with Gasteiger partial charge in [-0.15, -0.1) is 0 Å². The fraction of sp³-hybridized carbons (Fsp3) is 0.528. The van der Waals surface area contributed by atoms with Crippen LogP contribution in [0.25, 0.3) is 10.4 Å². The minimum Gasteiger partial charge on any atom is -0.375 e. The molecule has 0 saturated heterocycles. The van der Waals surface area contributed by atoms with E-state index in [0.29, 0.717) is 52.1 Å². The molecule has 0 aliphatic carbocycles. The number of amides is 4. The number of carbonyl (C=O) groups is 4. The Balaban J connectivity index is 1.40. The summed E-state index contributed by atoms with van der Waals surface area (Å²) in [6.45, 7) is 5.49. The molecule has 49 heavy (non-hydrogen) atoms. The molecular weight excluding hydrogens is 624 g/mol. The summed E-state index contributed by atoms with van der Waals surface area (Å²) in [6, 6.07) is 18.5. The summed E-state index contributed by atoms with van der Waals surface area (Å²) < 4.78 is 5.82. The topological polar surface area (TPSA) is 201 Å². The number of carbonyl (C=O) groups excluding carboxylic acids is 4. The number of hydrogen-bond donors (Lipinski definition) is 4. The largest absolute Gasteiger partial charge is 0.375 e. The van der Waals surface area contributed by atoms with Crippen molar-refractivity contribution < 1.29 is 23.9 Å². The van der Waals surface area contributed by atoms with Gasteiger partial charge >= 0.3 is 0 Å². The van der Waals surface area contributed by atoms with Crippen molar-refractivity contribution >= 4 is 29.3 Å². The Hall–Kier alpha value is -4.74. The molecule has 0 radical (unpaired) electrons. The normalized spacial score (nSPS) is 15.1. The first kappa shape index (κ1) is 38.7. The van der Waals surface area contributed by atoms with Crippen LogP contribution in [0.4, 0.5) is 0 Å². The number of unbranched alkanes of at least 4 members (excludes halogenated alkanes) is 2. The molecule has 2 aromatic carbocycles. The van der Waals surface area contributed by atoms with Gasteiger partial charge in [-0.1, -0.05) is 73.6 Å². The Morgan fingerprint density at radius 2 is 1.49 bits per heavy atom. The predicted octanol–water partition coefficient (Wildman–Crippen LogP) is 4.51. The van der Waals surface area contributed by atoms with E-state index in [-0.39, 0.29) is 36.7 Å². The SMILES string of the molecule is CCC(CC(CC(CC)C(=O)NCCCCCNC(=O)CN=[N+]=[N-])C(=O)NCCOCc1ccc(C2=NC2c2ccccc2)cc1)C(N)=O. The van der Waals surface area contributed by atoms with Crippen molar-refractivity contribution in [3.8, 4) is 0 Å². The molecule has 3 rings (SSSR count). The molecule has 5 N–H and O–H groups in total. The van der Waals surface area contributed by atoms with E-state index < -0.39 is 23.7 Å². The number of benzene rings is 2. The van der Waals surface area contributed by atoms with Crippen molar-refractivity contribution in [1.82, 2.24) is 16.0 Å². The molecule has 0 bridgehead atoms. The lowest BCUT2D eigenvalue weighted by molar-refractivity contribution is -0.129. The van der Waals surface area contributed by atoms with Crippen LogP contribution in [-0.4, -0.2) is 62.1 Å². The molecule has 4 amide bonds. The molecule has 1 heterocycles. The van der Waals surface area contributed by atoms with Crippen molar-refractivity contribution in [2.75, 3.05) is 32.8 Å². The summed E-state index contributed by atoms with van der Waals surface area (Å²) in [4.78, 5) is 57.0. The summed E-state index contributed by atoms with van der Waals surface area (Å²) in [5.41, 5.74) is 18.3. The molecule has 0 spiro atoms. The molecule has 2 aromatic rings. The molecule has 13 nitrogen and oxygen atoms in total. The zero-order valence-corrected chi connectivity index (χ0v) is 28.6. The molecule has 4 unspecified atom stereocenters. The number of nitrogens with zero attached hydrogens (tertiary/aromatic N) is 4. The van der Waals surface area contributed by atoms with Crippen LogP contribution in [0.15, 0.2) is 64.7 Å². The van der Waals surface area contributed by atoms with Crippen LogP contribution in [0.1, 0.15) is 81.5 Å². The number of ether oxygens (including phenoxy) is 1. The number of hydrogen-bond acceptors (Lipinski definition) is 7. The van der Waals surface area contributed by atoms with E-state index in [9.17, 15) is 19.2 Å². The molecule has 0 aromatic heterocycles. The van der Waals surface area contributed by atoms with Gasteiger partial charge in [0.15, 0.2) is 0 Å². The van der Waals surface area contributed by atoms with Crippen molar-refractivity contribution in [1.29, 1.82) is 0 Å². The Morgan fingerprint density at radius 1 is 0.857 bits per heavy atom. The number of nitrogens with two attached hydrogens (primary N) is 1. The minimum absolute atomic E-state index is 0.131. The third-order valence-corrected chi connectivity index (χ3v) is 8.66. The minimum atomic E-state index is -0.556. The van der Waals surface area contributed by atoms with E-state index in [1.807, 2.05) is 44.2 Å². The fourth-order valence-electron chi connectivity index (χ4n) is 5.66. The van der Waals surface area contributed by atoms with Gasteiger partial charge in [0, 0.05) is 42.3 Å². The third-order valence-electron chi connectivity index (χ3n) is 8.66. The van der Waals surface area contributed by atoms with Crippen molar-refractivity contribution in [3.63, 3.8) is 0 Å². The first-order valence-corrected chi connectivity index (χ1v) is 17.2. The maximum Gasteiger partial charge on any atom is 0.225 e. The first-order valence-electron chi connectivity index (χ1n) is 17.2. The van der Waals surface area contributed by atoms with Gasteiger partial charge in [-0.2, -0.15) is 0 Å². The van der Waals surface area contributed by atoms with Crippen molar-refractivity contribution in [3.05, 3.63) is 81.7 Å². The van der Waals surface area contributed by atoms with Crippen LogP contribution in [-0.2, 0) is 30.5 Å². The Kier molecular flexibility index (Phi) is 16.8. The Morgan fingerprint density at radius 3 is 2.14 bits per heavy atom. The molecule has 264 valence electrons. The van der Waals surface area contributed by atoms with Crippen LogP contribution in [0, 0.1) is 17.8 Å². The molecule has 0 fully saturated rings. The van der Waals surface area contributed by atoms with E-state index >= 15 is 0 Å². The van der Waals surface area contributed by atoms with Gasteiger partial charge in [0.1, 0.15) is 12.6 Å². The maximum absolute atomic E-state index is 13.3. The maximum atomic E-state index is 13.3. The van der Waals surface area contributed by atoms with Gasteiger partial charge in [-0.05, 0) is 67.2 Å². The van der Waals surface area contributed by atoms with Gasteiger partial charge in [0.25, 0.3) is 0 Å². The number of primary amides is 1. The molecule has 1 aliphatic heterocycles. The van der Waals surface area contributed by atoms with Gasteiger partial charge in [-0.25, -0.2) is 0 Å². The van der Waals surface area contributed by atoms with Gasteiger partial charge in [-0.3, -0.25) is 24.2 Å². The van der Waals surface area contributed by atoms with E-state index in [0.717, 1.165) is 36.1 Å². The Labute approximate surface area is 288 Å². The quantitative estimate of drug-likeness (QED) is 0.0548. The summed E-state index contributed by atoms with van der Waals surface area (Å²) in [6.07, 6.45) is 3.88. The highest BCUT2D eigenvalue weighted by Crippen LogP contribution is 2.34. The monoisotopic (exact) mass is 674 g/mol. The zero-order valence-electron chi connectivity index (χ0n) is 28.6. The van der Waals surface area contributed by atoms with E-state index in [1.54, 1.807) is 0 Å². The second kappa shape index (κ2) is 21.3. The number of azide groups is 1. The zero-order chi connectivity index (χ0) is 35.4. The van der Waals surface area contributed by atoms with Gasteiger partial charge in [0.2, 0.25) is 23.6 Å². The highest BCUT2D eigenvalue weighted by Gasteiger charge is 2.31. The highest BCUT2D eigenvalue weighted by atomic mass is 16.5. The molecule has 4 atom stereocenters. The van der Waals surface area contributed by atoms with E-state index in [1.165, 1.54) is 5.56 Å². The molecular formula is C36H50N8O5. The standard InChI is InChI=1S/C36H50N8O5/c1-3-26(34(37)46)21-30(22-27(4-2)35(47)40-18-10-6-9-17-39-31(45)23-42-44-38)36(48)41-19-20-49-24-25-13-15-29(16-14-25)33-32(43-33)28-11-7-5-8-12-28/h5,7-8,11-16,26-27,30,32H,3-4,6,9-10,17-24H2,1-2H3,(H2,37,46)(H,39,45)(H,40,47)(H,41,48). The lowest BCUT2D eigenvalue weighted by Crippen LogP contribution is -2.39. The lowest BCUT2D eigenvalue weighted by atomic mass is 9.83. The van der Waals surface area contributed by atoms with Crippen LogP contribution < -0.4 is 21.7 Å². The van der Waals surface area contributed by atoms with E-state index in [4.69, 9.17) is 16.0 Å². The van der Waals surface area contributed by atoms with Gasteiger partial charge in [0.05, 0.1) is 18.9 Å². The van der Waals surface area contributed by atoms with Crippen LogP contribution in [0.5, 0.6) is 0 Å². The number of nitrogens with one attached hydrogen (secondary N) is 3. The van der Waals surface area contributed by atoms with E-state index in [2.05, 4.69) is 55.2 Å². The molecule has 1 aliphatic rings. The average molecular weight is 675 g/mol. The molecule has 13 heteroatoms. The summed E-state index contributed by atoms with van der Waals surface area (Å²) in [7, 11) is 0. The lowest BCUT2D eigenvalue weighted by Gasteiger charge is -2.24. The van der Waals surface area contributed by atoms with Crippen LogP contribution in [0.2, 0.25) is 0 Å². The number of aliphatic imine (C=N–C) groups is 1. The second-order valence-corrected chi connectivity index (χ2v) is 12.2. The van der Waals surface area contributed by atoms with Gasteiger partial charge < -0.3 is 26.4 Å². The average Bonchev–Trinajstić information content (AvgIpc) is 3.92. The van der Waals surface area contributed by atoms with Crippen LogP contribution >= 0.6 is 0 Å². The van der Waals surface area contributed by atoms with Crippen molar-refractivity contribution in [2.24, 2.45) is 33.6 Å². The first-order chi connectivity index (χ1) is 23.8. The Bertz CT molecular complexity index is 1440. The van der Waals surface area contributed by atoms with Crippen molar-refractivity contribution in [2.45, 2.75) is 71.4 Å². The summed E-state index contributed by atoms with van der Waals surface area (Å²) in [5, 5.41) is 11.8. The highest BCUT2D eigenvalue weighted by molar-refractivity contribution is 6.13. The second-order valence-electron chi connectivity index (χ2n) is 12.2. The summed E-state index contributed by atoms with van der Waals surface area (Å²) >= 11 is 0. The smallest absolute Gasteiger partial charge is 0.225 e. The number of rotatable bonds is 24. The summed E-state index contributed by atoms with van der Waals surface area (Å²) in [5.74, 6) is -2.55. The fourth-order valence-corrected chi connectivity index (χ4v) is 5.66. The third kappa shape index (κ3) is 13.7.